The molecule has 0 bridgehead atoms. The lowest BCUT2D eigenvalue weighted by atomic mass is 10.1. The summed E-state index contributed by atoms with van der Waals surface area (Å²) in [7, 11) is 0. The van der Waals surface area contributed by atoms with Crippen LogP contribution in [-0.2, 0) is 6.54 Å². The summed E-state index contributed by atoms with van der Waals surface area (Å²) in [6.45, 7) is 6.54. The Balaban J connectivity index is 0.00000400. The van der Waals surface area contributed by atoms with Gasteiger partial charge < -0.3 is 10.1 Å². The highest BCUT2D eigenvalue weighted by molar-refractivity contribution is 6.35. The molecule has 5 heteroatoms. The lowest BCUT2D eigenvalue weighted by Crippen LogP contribution is -2.15. The fourth-order valence-corrected chi connectivity index (χ4v) is 2.72. The zero-order chi connectivity index (χ0) is 14.8. The Bertz CT molecular complexity index is 399. The molecule has 0 saturated carbocycles. The van der Waals surface area contributed by atoms with Crippen LogP contribution in [0.1, 0.15) is 51.5 Å². The van der Waals surface area contributed by atoms with Crippen molar-refractivity contribution in [1.29, 1.82) is 0 Å². The zero-order valence-corrected chi connectivity index (χ0v) is 15.2. The predicted molar refractivity (Wildman–Crippen MR) is 95.3 cm³/mol. The van der Waals surface area contributed by atoms with E-state index in [2.05, 4.69) is 12.2 Å². The minimum atomic E-state index is 0. The maximum absolute atomic E-state index is 6.17. The molecule has 1 aromatic rings. The van der Waals surface area contributed by atoms with Crippen molar-refractivity contribution >= 4 is 35.6 Å². The number of nitrogens with one attached hydrogen (secondary N) is 1. The molecular formula is C16H26Cl3NO. The first kappa shape index (κ1) is 20.9. The molecule has 21 heavy (non-hydrogen) atoms. The largest absolute Gasteiger partial charge is 0.492 e. The summed E-state index contributed by atoms with van der Waals surface area (Å²) in [5, 5.41) is 4.67. The van der Waals surface area contributed by atoms with E-state index in [0.717, 1.165) is 24.4 Å². The second kappa shape index (κ2) is 12.4. The van der Waals surface area contributed by atoms with Crippen molar-refractivity contribution in [1.82, 2.24) is 5.32 Å². The molecule has 0 saturated heterocycles. The van der Waals surface area contributed by atoms with E-state index in [9.17, 15) is 0 Å². The lowest BCUT2D eigenvalue weighted by molar-refractivity contribution is 0.335. The highest BCUT2D eigenvalue weighted by Crippen LogP contribution is 2.32. The highest BCUT2D eigenvalue weighted by atomic mass is 35.5. The van der Waals surface area contributed by atoms with Crippen LogP contribution in [0.5, 0.6) is 5.75 Å². The van der Waals surface area contributed by atoms with Gasteiger partial charge in [0.15, 0.2) is 0 Å². The standard InChI is InChI=1S/C16H25Cl2NO.ClH/c1-3-5-6-7-8-9-19-12-13-10-14(17)11-15(18)16(13)20-4-2;/h10-11,19H,3-9,12H2,1-2H3;1H. The summed E-state index contributed by atoms with van der Waals surface area (Å²) in [5.41, 5.74) is 1.03. The van der Waals surface area contributed by atoms with Gasteiger partial charge in [-0.15, -0.1) is 12.4 Å². The van der Waals surface area contributed by atoms with E-state index in [1.54, 1.807) is 6.07 Å². The summed E-state index contributed by atoms with van der Waals surface area (Å²) in [4.78, 5) is 0. The fourth-order valence-electron chi connectivity index (χ4n) is 2.13. The van der Waals surface area contributed by atoms with Gasteiger partial charge in [0.05, 0.1) is 11.6 Å². The van der Waals surface area contributed by atoms with Crippen LogP contribution in [0.25, 0.3) is 0 Å². The van der Waals surface area contributed by atoms with Crippen LogP contribution in [0.3, 0.4) is 0 Å². The van der Waals surface area contributed by atoms with Crippen LogP contribution in [0.15, 0.2) is 12.1 Å². The van der Waals surface area contributed by atoms with Gasteiger partial charge >= 0.3 is 0 Å². The number of hydrogen-bond acceptors (Lipinski definition) is 2. The Labute approximate surface area is 145 Å². The summed E-state index contributed by atoms with van der Waals surface area (Å²) in [5.74, 6) is 0.747. The van der Waals surface area contributed by atoms with E-state index < -0.39 is 0 Å². The smallest absolute Gasteiger partial charge is 0.142 e. The van der Waals surface area contributed by atoms with Crippen molar-refractivity contribution in [3.63, 3.8) is 0 Å². The third kappa shape index (κ3) is 8.15. The lowest BCUT2D eigenvalue weighted by Gasteiger charge is -2.13. The quantitative estimate of drug-likeness (QED) is 0.530. The van der Waals surface area contributed by atoms with Crippen LogP contribution in [-0.4, -0.2) is 13.2 Å². The molecule has 1 aromatic carbocycles. The van der Waals surface area contributed by atoms with E-state index >= 15 is 0 Å². The number of halogens is 3. The fraction of sp³-hybridized carbons (Fsp3) is 0.625. The van der Waals surface area contributed by atoms with Crippen molar-refractivity contribution in [2.75, 3.05) is 13.2 Å². The predicted octanol–water partition coefficient (Wildman–Crippen LogP) is 5.87. The Morgan fingerprint density at radius 2 is 1.76 bits per heavy atom. The highest BCUT2D eigenvalue weighted by Gasteiger charge is 2.10. The van der Waals surface area contributed by atoms with Crippen molar-refractivity contribution in [3.05, 3.63) is 27.7 Å². The molecule has 2 nitrogen and oxygen atoms in total. The molecule has 0 unspecified atom stereocenters. The van der Waals surface area contributed by atoms with Gasteiger partial charge in [-0.05, 0) is 32.0 Å². The van der Waals surface area contributed by atoms with Gasteiger partial charge in [-0.2, -0.15) is 0 Å². The molecule has 0 amide bonds. The van der Waals surface area contributed by atoms with E-state index in [0.29, 0.717) is 16.7 Å². The Kier molecular flexibility index (Phi) is 12.3. The summed E-state index contributed by atoms with van der Waals surface area (Å²) >= 11 is 12.2. The summed E-state index contributed by atoms with van der Waals surface area (Å²) in [6.07, 6.45) is 6.43. The minimum Gasteiger partial charge on any atom is -0.492 e. The van der Waals surface area contributed by atoms with Crippen molar-refractivity contribution < 1.29 is 4.74 Å². The zero-order valence-electron chi connectivity index (χ0n) is 12.9. The minimum absolute atomic E-state index is 0. The maximum Gasteiger partial charge on any atom is 0.142 e. The molecule has 0 spiro atoms. The van der Waals surface area contributed by atoms with Gasteiger partial charge in [0.1, 0.15) is 5.75 Å². The van der Waals surface area contributed by atoms with Gasteiger partial charge in [0.25, 0.3) is 0 Å². The Hall–Kier alpha value is -0.150. The normalized spacial score (nSPS) is 10.3. The molecule has 122 valence electrons. The molecule has 0 radical (unpaired) electrons. The van der Waals surface area contributed by atoms with Gasteiger partial charge in [0.2, 0.25) is 0 Å². The summed E-state index contributed by atoms with van der Waals surface area (Å²) in [6, 6.07) is 3.64. The molecular weight excluding hydrogens is 329 g/mol. The molecule has 0 aromatic heterocycles. The van der Waals surface area contributed by atoms with Gasteiger partial charge in [-0.1, -0.05) is 55.8 Å². The topological polar surface area (TPSA) is 21.3 Å². The maximum atomic E-state index is 6.17. The van der Waals surface area contributed by atoms with E-state index in [4.69, 9.17) is 27.9 Å². The Morgan fingerprint density at radius 1 is 1.05 bits per heavy atom. The van der Waals surface area contributed by atoms with Gasteiger partial charge in [-0.3, -0.25) is 0 Å². The number of benzene rings is 1. The van der Waals surface area contributed by atoms with E-state index in [-0.39, 0.29) is 12.4 Å². The Morgan fingerprint density at radius 3 is 2.43 bits per heavy atom. The van der Waals surface area contributed by atoms with E-state index in [1.807, 2.05) is 13.0 Å². The number of hydrogen-bond donors (Lipinski definition) is 1. The second-order valence-electron chi connectivity index (χ2n) is 4.90. The van der Waals surface area contributed by atoms with Crippen molar-refractivity contribution in [2.45, 2.75) is 52.5 Å². The average molecular weight is 355 g/mol. The summed E-state index contributed by atoms with van der Waals surface area (Å²) < 4.78 is 5.60. The third-order valence-electron chi connectivity index (χ3n) is 3.15. The molecule has 0 heterocycles. The number of ether oxygens (including phenoxy) is 1. The molecule has 0 atom stereocenters. The molecule has 0 aliphatic heterocycles. The first-order valence-corrected chi connectivity index (χ1v) is 8.26. The average Bonchev–Trinajstić information content (AvgIpc) is 2.41. The van der Waals surface area contributed by atoms with Crippen LogP contribution in [0.4, 0.5) is 0 Å². The van der Waals surface area contributed by atoms with Crippen LogP contribution < -0.4 is 10.1 Å². The van der Waals surface area contributed by atoms with Gasteiger partial charge in [-0.25, -0.2) is 0 Å². The molecule has 0 fully saturated rings. The first-order chi connectivity index (χ1) is 9.69. The van der Waals surface area contributed by atoms with Crippen molar-refractivity contribution in [3.8, 4) is 5.75 Å². The molecule has 0 aliphatic rings. The first-order valence-electron chi connectivity index (χ1n) is 7.50. The number of unbranched alkanes of at least 4 members (excludes halogenated alkanes) is 4. The van der Waals surface area contributed by atoms with Crippen LogP contribution >= 0.6 is 35.6 Å². The van der Waals surface area contributed by atoms with Gasteiger partial charge in [0, 0.05) is 17.1 Å². The monoisotopic (exact) mass is 353 g/mol. The SMILES string of the molecule is CCCCCCCNCc1cc(Cl)cc(Cl)c1OCC.Cl. The molecule has 0 aliphatic carbocycles. The van der Waals surface area contributed by atoms with Crippen LogP contribution in [0.2, 0.25) is 10.0 Å². The van der Waals surface area contributed by atoms with Crippen molar-refractivity contribution in [2.24, 2.45) is 0 Å². The molecule has 1 rings (SSSR count). The second-order valence-corrected chi connectivity index (χ2v) is 5.74. The molecule has 1 N–H and O–H groups in total. The van der Waals surface area contributed by atoms with E-state index in [1.165, 1.54) is 32.1 Å². The third-order valence-corrected chi connectivity index (χ3v) is 3.65. The van der Waals surface area contributed by atoms with Crippen LogP contribution in [0, 0.1) is 0 Å². The number of rotatable bonds is 10.